The summed E-state index contributed by atoms with van der Waals surface area (Å²) in [5, 5.41) is 15.5. The minimum atomic E-state index is -4.63. The summed E-state index contributed by atoms with van der Waals surface area (Å²) < 4.78 is 45.1. The van der Waals surface area contributed by atoms with E-state index in [0.29, 0.717) is 10.9 Å². The van der Waals surface area contributed by atoms with Crippen LogP contribution < -0.4 is 11.5 Å². The van der Waals surface area contributed by atoms with Crippen LogP contribution in [-0.2, 0) is 10.9 Å². The van der Waals surface area contributed by atoms with Crippen molar-refractivity contribution in [1.82, 2.24) is 10.2 Å². The zero-order valence-corrected chi connectivity index (χ0v) is 15.6. The number of aromatic amines is 1. The highest BCUT2D eigenvalue weighted by Gasteiger charge is 2.34. The Kier molecular flexibility index (Phi) is 6.11. The first-order valence-electron chi connectivity index (χ1n) is 8.75. The van der Waals surface area contributed by atoms with Crippen molar-refractivity contribution in [2.75, 3.05) is 13.2 Å². The molecule has 0 aliphatic heterocycles. The minimum Gasteiger partial charge on any atom is -0.474 e. The fourth-order valence-electron chi connectivity index (χ4n) is 2.61. The van der Waals surface area contributed by atoms with Crippen LogP contribution in [0.2, 0.25) is 0 Å². The van der Waals surface area contributed by atoms with Crippen molar-refractivity contribution in [3.05, 3.63) is 59.7 Å². The number of nitrogens with zero attached hydrogens (tertiary/aromatic N) is 3. The fraction of sp³-hybridized carbons (Fsp3) is 0.158. The molecule has 3 rings (SSSR count). The molecule has 0 amide bonds. The standard InChI is InChI=1S/C19H18F3N7O/c20-19(21,22)13-7-3-1-5-11(13)15(24)26-18(16(25)30-10-9-23)27-17-12-6-2-4-8-14(12)28-29-17/h1-8,25H,9-10,23H2,(H3,24,26,27,28,29). The van der Waals surface area contributed by atoms with Crippen molar-refractivity contribution in [2.24, 2.45) is 21.5 Å². The molecule has 2 aromatic carbocycles. The van der Waals surface area contributed by atoms with Gasteiger partial charge in [0.05, 0.1) is 11.1 Å². The Hall–Kier alpha value is -3.73. The Morgan fingerprint density at radius 1 is 1.13 bits per heavy atom. The second-order valence-electron chi connectivity index (χ2n) is 6.03. The second-order valence-corrected chi connectivity index (χ2v) is 6.03. The van der Waals surface area contributed by atoms with E-state index in [1.165, 1.54) is 18.2 Å². The number of hydrogen-bond donors (Lipinski definition) is 4. The van der Waals surface area contributed by atoms with Crippen molar-refractivity contribution in [2.45, 2.75) is 6.18 Å². The lowest BCUT2D eigenvalue weighted by atomic mass is 10.1. The number of halogens is 3. The van der Waals surface area contributed by atoms with E-state index >= 15 is 0 Å². The zero-order chi connectivity index (χ0) is 21.7. The third-order valence-electron chi connectivity index (χ3n) is 3.96. The minimum absolute atomic E-state index is 0.00622. The highest BCUT2D eigenvalue weighted by atomic mass is 19.4. The summed E-state index contributed by atoms with van der Waals surface area (Å²) in [6, 6.07) is 11.8. The fourth-order valence-corrected chi connectivity index (χ4v) is 2.61. The van der Waals surface area contributed by atoms with Crippen molar-refractivity contribution in [3.8, 4) is 0 Å². The summed E-state index contributed by atoms with van der Waals surface area (Å²) >= 11 is 0. The first-order chi connectivity index (χ1) is 14.3. The smallest absolute Gasteiger partial charge is 0.417 e. The summed E-state index contributed by atoms with van der Waals surface area (Å²) in [5.74, 6) is -1.12. The lowest BCUT2D eigenvalue weighted by molar-refractivity contribution is -0.137. The highest BCUT2D eigenvalue weighted by molar-refractivity contribution is 6.39. The Labute approximate surface area is 169 Å². The van der Waals surface area contributed by atoms with E-state index in [2.05, 4.69) is 20.2 Å². The van der Waals surface area contributed by atoms with Crippen molar-refractivity contribution < 1.29 is 17.9 Å². The molecule has 3 aromatic rings. The number of ether oxygens (including phenoxy) is 1. The maximum absolute atomic E-state index is 13.3. The molecular formula is C19H18F3N7O. The molecule has 0 fully saturated rings. The van der Waals surface area contributed by atoms with Crippen LogP contribution in [0.1, 0.15) is 11.1 Å². The third-order valence-corrected chi connectivity index (χ3v) is 3.96. The van der Waals surface area contributed by atoms with E-state index in [0.717, 1.165) is 6.07 Å². The number of aromatic nitrogens is 2. The van der Waals surface area contributed by atoms with Crippen LogP contribution in [0.4, 0.5) is 19.0 Å². The van der Waals surface area contributed by atoms with Crippen molar-refractivity contribution in [3.63, 3.8) is 0 Å². The summed E-state index contributed by atoms with van der Waals surface area (Å²) in [6.07, 6.45) is -4.63. The molecule has 30 heavy (non-hydrogen) atoms. The number of H-pyrrole nitrogens is 1. The van der Waals surface area contributed by atoms with E-state index in [4.69, 9.17) is 21.6 Å². The van der Waals surface area contributed by atoms with Gasteiger partial charge >= 0.3 is 6.18 Å². The summed E-state index contributed by atoms with van der Waals surface area (Å²) in [4.78, 5) is 8.15. The van der Waals surface area contributed by atoms with Gasteiger partial charge < -0.3 is 16.2 Å². The highest BCUT2D eigenvalue weighted by Crippen LogP contribution is 2.31. The summed E-state index contributed by atoms with van der Waals surface area (Å²) in [5.41, 5.74) is 10.6. The number of fused-ring (bicyclic) bond motifs is 1. The Bertz CT molecular complexity index is 1120. The molecule has 0 spiro atoms. The van der Waals surface area contributed by atoms with Crippen molar-refractivity contribution in [1.29, 1.82) is 5.41 Å². The maximum atomic E-state index is 13.3. The Balaban J connectivity index is 2.09. The molecule has 0 bridgehead atoms. The van der Waals surface area contributed by atoms with Crippen LogP contribution >= 0.6 is 0 Å². The van der Waals surface area contributed by atoms with E-state index in [1.807, 2.05) is 0 Å². The van der Waals surface area contributed by atoms with Gasteiger partial charge in [-0.2, -0.15) is 18.3 Å². The number of aliphatic imine (C=N–C) groups is 2. The molecule has 0 aliphatic rings. The molecule has 0 unspecified atom stereocenters. The van der Waals surface area contributed by atoms with Gasteiger partial charge in [0.1, 0.15) is 12.4 Å². The maximum Gasteiger partial charge on any atom is 0.417 e. The number of para-hydroxylation sites is 1. The average molecular weight is 417 g/mol. The number of alkyl halides is 3. The molecule has 0 atom stereocenters. The van der Waals surface area contributed by atoms with Crippen LogP contribution in [-0.4, -0.2) is 40.9 Å². The van der Waals surface area contributed by atoms with Gasteiger partial charge in [0, 0.05) is 17.5 Å². The van der Waals surface area contributed by atoms with Gasteiger partial charge in [-0.05, 0) is 18.2 Å². The normalized spacial score (nSPS) is 12.9. The predicted molar refractivity (Wildman–Crippen MR) is 108 cm³/mol. The molecule has 156 valence electrons. The van der Waals surface area contributed by atoms with Crippen LogP contribution in [0.3, 0.4) is 0 Å². The lowest BCUT2D eigenvalue weighted by Crippen LogP contribution is -2.25. The number of hydrogen-bond acceptors (Lipinski definition) is 5. The van der Waals surface area contributed by atoms with E-state index in [9.17, 15) is 13.2 Å². The van der Waals surface area contributed by atoms with Gasteiger partial charge in [-0.15, -0.1) is 0 Å². The van der Waals surface area contributed by atoms with E-state index < -0.39 is 23.5 Å². The third kappa shape index (κ3) is 4.63. The molecule has 1 heterocycles. The average Bonchev–Trinajstić information content (AvgIpc) is 3.13. The van der Waals surface area contributed by atoms with E-state index in [-0.39, 0.29) is 30.4 Å². The molecule has 0 saturated heterocycles. The topological polar surface area (TPSA) is 139 Å². The molecule has 0 saturated carbocycles. The first-order valence-corrected chi connectivity index (χ1v) is 8.75. The van der Waals surface area contributed by atoms with Gasteiger partial charge in [0.25, 0.3) is 5.90 Å². The number of nitrogens with one attached hydrogen (secondary N) is 2. The zero-order valence-electron chi connectivity index (χ0n) is 15.6. The summed E-state index contributed by atoms with van der Waals surface area (Å²) in [6.45, 7) is 0.116. The van der Waals surface area contributed by atoms with Gasteiger partial charge in [-0.25, -0.2) is 9.98 Å². The number of nitrogens with two attached hydrogens (primary N) is 2. The quantitative estimate of drug-likeness (QED) is 0.383. The molecule has 6 N–H and O–H groups in total. The molecule has 11 heteroatoms. The van der Waals surface area contributed by atoms with Crippen LogP contribution in [0.15, 0.2) is 58.5 Å². The molecule has 0 aliphatic carbocycles. The number of benzene rings is 2. The number of rotatable bonds is 4. The Morgan fingerprint density at radius 2 is 1.83 bits per heavy atom. The second kappa shape index (κ2) is 8.74. The van der Waals surface area contributed by atoms with Crippen molar-refractivity contribution >= 4 is 34.3 Å². The van der Waals surface area contributed by atoms with Crippen LogP contribution in [0, 0.1) is 5.41 Å². The van der Waals surface area contributed by atoms with E-state index in [1.54, 1.807) is 24.3 Å². The predicted octanol–water partition coefficient (Wildman–Crippen LogP) is 2.97. The molecule has 1 aromatic heterocycles. The van der Waals surface area contributed by atoms with Gasteiger partial charge in [-0.1, -0.05) is 30.3 Å². The molecular weight excluding hydrogens is 399 g/mol. The van der Waals surface area contributed by atoms with Crippen LogP contribution in [0.25, 0.3) is 10.9 Å². The molecule has 0 radical (unpaired) electrons. The SMILES string of the molecule is N=C(OCCN)C(=Nc1n[nH]c2ccccc12)N=C(N)c1ccccc1C(F)(F)F. The Morgan fingerprint density at radius 3 is 2.57 bits per heavy atom. The lowest BCUT2D eigenvalue weighted by Gasteiger charge is -2.12. The van der Waals surface area contributed by atoms with Crippen LogP contribution in [0.5, 0.6) is 0 Å². The molecule has 8 nitrogen and oxygen atoms in total. The number of amidine groups is 2. The monoisotopic (exact) mass is 417 g/mol. The van der Waals surface area contributed by atoms with Gasteiger partial charge in [0.2, 0.25) is 5.84 Å². The van der Waals surface area contributed by atoms with Gasteiger partial charge in [0.15, 0.2) is 5.82 Å². The largest absolute Gasteiger partial charge is 0.474 e. The summed E-state index contributed by atoms with van der Waals surface area (Å²) in [7, 11) is 0. The first kappa shape index (κ1) is 21.0. The van der Waals surface area contributed by atoms with Gasteiger partial charge in [-0.3, -0.25) is 10.5 Å².